The average Bonchev–Trinajstić information content (AvgIpc) is 2.60. The number of nitrogen functional groups attached to an aromatic ring is 1. The highest BCUT2D eigenvalue weighted by Gasteiger charge is 2.08. The van der Waals surface area contributed by atoms with Crippen molar-refractivity contribution in [2.75, 3.05) is 5.73 Å². The SMILES string of the molecule is Cc1cc(CO)nn1-c1ccc(N)cc1Cl. The van der Waals surface area contributed by atoms with Crippen molar-refractivity contribution in [3.05, 3.63) is 40.7 Å². The summed E-state index contributed by atoms with van der Waals surface area (Å²) in [5.41, 5.74) is 8.52. The molecule has 0 spiro atoms. The Morgan fingerprint density at radius 3 is 2.75 bits per heavy atom. The highest BCUT2D eigenvalue weighted by atomic mass is 35.5. The Kier molecular flexibility index (Phi) is 2.85. The van der Waals surface area contributed by atoms with Crippen LogP contribution in [0.3, 0.4) is 0 Å². The van der Waals surface area contributed by atoms with Crippen molar-refractivity contribution in [2.24, 2.45) is 0 Å². The normalized spacial score (nSPS) is 10.7. The van der Waals surface area contributed by atoms with Gasteiger partial charge in [0, 0.05) is 11.4 Å². The number of hydrogen-bond donors (Lipinski definition) is 2. The Hall–Kier alpha value is -1.52. The van der Waals surface area contributed by atoms with Crippen molar-refractivity contribution in [3.8, 4) is 5.69 Å². The summed E-state index contributed by atoms with van der Waals surface area (Å²) in [4.78, 5) is 0. The molecule has 0 aliphatic heterocycles. The Morgan fingerprint density at radius 1 is 1.44 bits per heavy atom. The van der Waals surface area contributed by atoms with Crippen LogP contribution in [0, 0.1) is 6.92 Å². The van der Waals surface area contributed by atoms with Crippen LogP contribution in [-0.2, 0) is 6.61 Å². The number of aliphatic hydroxyl groups is 1. The molecule has 0 saturated carbocycles. The first-order valence-electron chi connectivity index (χ1n) is 4.83. The second-order valence-corrected chi connectivity index (χ2v) is 3.97. The van der Waals surface area contributed by atoms with Crippen LogP contribution >= 0.6 is 11.6 Å². The third kappa shape index (κ3) is 1.89. The third-order valence-electron chi connectivity index (χ3n) is 2.30. The van der Waals surface area contributed by atoms with E-state index < -0.39 is 0 Å². The molecule has 0 radical (unpaired) electrons. The van der Waals surface area contributed by atoms with E-state index in [1.54, 1.807) is 22.9 Å². The zero-order chi connectivity index (χ0) is 11.7. The molecule has 5 heteroatoms. The van der Waals surface area contributed by atoms with Crippen molar-refractivity contribution >= 4 is 17.3 Å². The van der Waals surface area contributed by atoms with Crippen LogP contribution in [-0.4, -0.2) is 14.9 Å². The van der Waals surface area contributed by atoms with E-state index in [1.807, 2.05) is 13.0 Å². The van der Waals surface area contributed by atoms with E-state index >= 15 is 0 Å². The molecule has 0 atom stereocenters. The lowest BCUT2D eigenvalue weighted by atomic mass is 10.3. The topological polar surface area (TPSA) is 64.1 Å². The van der Waals surface area contributed by atoms with Crippen LogP contribution in [0.4, 0.5) is 5.69 Å². The second-order valence-electron chi connectivity index (χ2n) is 3.56. The molecule has 1 heterocycles. The molecule has 0 amide bonds. The van der Waals surface area contributed by atoms with E-state index in [0.29, 0.717) is 16.4 Å². The third-order valence-corrected chi connectivity index (χ3v) is 2.60. The van der Waals surface area contributed by atoms with Gasteiger partial charge in [-0.15, -0.1) is 0 Å². The number of benzene rings is 1. The summed E-state index contributed by atoms with van der Waals surface area (Å²) >= 11 is 6.09. The van der Waals surface area contributed by atoms with Crippen LogP contribution < -0.4 is 5.73 Å². The number of anilines is 1. The summed E-state index contributed by atoms with van der Waals surface area (Å²) in [6, 6.07) is 7.06. The summed E-state index contributed by atoms with van der Waals surface area (Å²) in [5.74, 6) is 0. The van der Waals surface area contributed by atoms with Gasteiger partial charge < -0.3 is 10.8 Å². The number of aliphatic hydroxyl groups excluding tert-OH is 1. The maximum Gasteiger partial charge on any atom is 0.0886 e. The lowest BCUT2D eigenvalue weighted by Gasteiger charge is -2.07. The fourth-order valence-electron chi connectivity index (χ4n) is 1.55. The highest BCUT2D eigenvalue weighted by molar-refractivity contribution is 6.32. The predicted octanol–water partition coefficient (Wildman–Crippen LogP) is 1.91. The van der Waals surface area contributed by atoms with Gasteiger partial charge in [0.2, 0.25) is 0 Å². The van der Waals surface area contributed by atoms with Gasteiger partial charge in [0.05, 0.1) is 23.0 Å². The molecule has 0 saturated heterocycles. The van der Waals surface area contributed by atoms with Gasteiger partial charge in [-0.2, -0.15) is 5.10 Å². The zero-order valence-electron chi connectivity index (χ0n) is 8.81. The van der Waals surface area contributed by atoms with Crippen molar-refractivity contribution in [2.45, 2.75) is 13.5 Å². The van der Waals surface area contributed by atoms with Gasteiger partial charge in [-0.25, -0.2) is 4.68 Å². The number of nitrogens with two attached hydrogens (primary N) is 1. The van der Waals surface area contributed by atoms with E-state index in [-0.39, 0.29) is 6.61 Å². The Morgan fingerprint density at radius 2 is 2.19 bits per heavy atom. The minimum absolute atomic E-state index is 0.0829. The summed E-state index contributed by atoms with van der Waals surface area (Å²) < 4.78 is 1.69. The van der Waals surface area contributed by atoms with Gasteiger partial charge in [0.15, 0.2) is 0 Å². The Balaban J connectivity index is 2.53. The number of aromatic nitrogens is 2. The molecule has 0 aliphatic carbocycles. The quantitative estimate of drug-likeness (QED) is 0.785. The van der Waals surface area contributed by atoms with Crippen LogP contribution in [0.2, 0.25) is 5.02 Å². The molecule has 4 nitrogen and oxygen atoms in total. The molecule has 3 N–H and O–H groups in total. The zero-order valence-corrected chi connectivity index (χ0v) is 9.57. The molecule has 0 fully saturated rings. The molecule has 2 aromatic rings. The van der Waals surface area contributed by atoms with E-state index in [9.17, 15) is 0 Å². The molecule has 1 aromatic heterocycles. The van der Waals surface area contributed by atoms with Gasteiger partial charge in [0.1, 0.15) is 0 Å². The molecule has 84 valence electrons. The monoisotopic (exact) mass is 237 g/mol. The number of aryl methyl sites for hydroxylation is 1. The first-order valence-corrected chi connectivity index (χ1v) is 5.21. The van der Waals surface area contributed by atoms with Crippen LogP contribution in [0.5, 0.6) is 0 Å². The van der Waals surface area contributed by atoms with E-state index in [4.69, 9.17) is 22.4 Å². The number of rotatable bonds is 2. The molecular weight excluding hydrogens is 226 g/mol. The average molecular weight is 238 g/mol. The smallest absolute Gasteiger partial charge is 0.0886 e. The fraction of sp³-hybridized carbons (Fsp3) is 0.182. The summed E-state index contributed by atoms with van der Waals surface area (Å²) in [5, 5.41) is 13.8. The molecule has 2 rings (SSSR count). The van der Waals surface area contributed by atoms with Gasteiger partial charge >= 0.3 is 0 Å². The molecular formula is C11H12ClN3O. The molecule has 1 aromatic carbocycles. The van der Waals surface area contributed by atoms with Crippen molar-refractivity contribution < 1.29 is 5.11 Å². The standard InChI is InChI=1S/C11H12ClN3O/c1-7-4-9(6-16)14-15(7)11-3-2-8(13)5-10(11)12/h2-5,16H,6,13H2,1H3. The summed E-state index contributed by atoms with van der Waals surface area (Å²) in [7, 11) is 0. The maximum atomic E-state index is 9.01. The van der Waals surface area contributed by atoms with Crippen LogP contribution in [0.1, 0.15) is 11.4 Å². The molecule has 16 heavy (non-hydrogen) atoms. The molecule has 0 unspecified atom stereocenters. The van der Waals surface area contributed by atoms with E-state index in [1.165, 1.54) is 0 Å². The summed E-state index contributed by atoms with van der Waals surface area (Å²) in [6.07, 6.45) is 0. The van der Waals surface area contributed by atoms with Crippen LogP contribution in [0.25, 0.3) is 5.69 Å². The van der Waals surface area contributed by atoms with Crippen molar-refractivity contribution in [3.63, 3.8) is 0 Å². The lowest BCUT2D eigenvalue weighted by molar-refractivity contribution is 0.276. The second kappa shape index (κ2) is 4.15. The minimum Gasteiger partial charge on any atom is -0.399 e. The molecule has 0 bridgehead atoms. The predicted molar refractivity (Wildman–Crippen MR) is 63.6 cm³/mol. The molecule has 0 aliphatic rings. The van der Waals surface area contributed by atoms with E-state index in [2.05, 4.69) is 5.10 Å². The Labute approximate surface area is 98.3 Å². The Bertz CT molecular complexity index is 522. The number of nitrogens with zero attached hydrogens (tertiary/aromatic N) is 2. The van der Waals surface area contributed by atoms with E-state index in [0.717, 1.165) is 11.4 Å². The highest BCUT2D eigenvalue weighted by Crippen LogP contribution is 2.24. The maximum absolute atomic E-state index is 9.01. The van der Waals surface area contributed by atoms with Gasteiger partial charge in [-0.1, -0.05) is 11.6 Å². The summed E-state index contributed by atoms with van der Waals surface area (Å²) in [6.45, 7) is 1.82. The van der Waals surface area contributed by atoms with Gasteiger partial charge in [-0.3, -0.25) is 0 Å². The van der Waals surface area contributed by atoms with Crippen molar-refractivity contribution in [1.82, 2.24) is 9.78 Å². The first-order chi connectivity index (χ1) is 7.61. The van der Waals surface area contributed by atoms with Gasteiger partial charge in [-0.05, 0) is 31.2 Å². The van der Waals surface area contributed by atoms with Crippen molar-refractivity contribution in [1.29, 1.82) is 0 Å². The van der Waals surface area contributed by atoms with Crippen LogP contribution in [0.15, 0.2) is 24.3 Å². The minimum atomic E-state index is -0.0829. The number of halogens is 1. The first kappa shape index (κ1) is 11.0. The fourth-order valence-corrected chi connectivity index (χ4v) is 1.82. The largest absolute Gasteiger partial charge is 0.399 e. The van der Waals surface area contributed by atoms with Gasteiger partial charge in [0.25, 0.3) is 0 Å². The lowest BCUT2D eigenvalue weighted by Crippen LogP contribution is -2.01. The number of hydrogen-bond acceptors (Lipinski definition) is 3.